The van der Waals surface area contributed by atoms with Gasteiger partial charge in [-0.2, -0.15) is 11.3 Å². The van der Waals surface area contributed by atoms with Crippen LogP contribution in [0.4, 0.5) is 5.69 Å². The maximum atomic E-state index is 12.5. The number of ether oxygens (including phenoxy) is 1. The summed E-state index contributed by atoms with van der Waals surface area (Å²) < 4.78 is 35.6. The number of amides is 1. The highest BCUT2D eigenvalue weighted by molar-refractivity contribution is 7.88. The van der Waals surface area contributed by atoms with Crippen LogP contribution in [0.5, 0.6) is 0 Å². The van der Waals surface area contributed by atoms with Crippen molar-refractivity contribution in [3.8, 4) is 0 Å². The van der Waals surface area contributed by atoms with E-state index in [-0.39, 0.29) is 28.9 Å². The van der Waals surface area contributed by atoms with E-state index in [4.69, 9.17) is 9.15 Å². The molecule has 2 heterocycles. The van der Waals surface area contributed by atoms with Crippen molar-refractivity contribution in [2.24, 2.45) is 0 Å². The van der Waals surface area contributed by atoms with Gasteiger partial charge in [-0.25, -0.2) is 17.5 Å². The van der Waals surface area contributed by atoms with Gasteiger partial charge in [0.05, 0.1) is 16.8 Å². The number of esters is 1. The van der Waals surface area contributed by atoms with Gasteiger partial charge >= 0.3 is 5.97 Å². The Kier molecular flexibility index (Phi) is 6.16. The largest absolute Gasteiger partial charge is 0.454 e. The highest BCUT2D eigenvalue weighted by atomic mass is 32.2. The number of rotatable bonds is 7. The number of hydrogen-bond acceptors (Lipinski definition) is 7. The van der Waals surface area contributed by atoms with E-state index in [1.54, 1.807) is 35.0 Å². The van der Waals surface area contributed by atoms with Crippen LogP contribution in [0.2, 0.25) is 0 Å². The zero-order valence-corrected chi connectivity index (χ0v) is 17.2. The number of nitrogens with zero attached hydrogens (tertiary/aromatic N) is 1. The van der Waals surface area contributed by atoms with Crippen molar-refractivity contribution in [1.29, 1.82) is 0 Å². The van der Waals surface area contributed by atoms with Crippen LogP contribution >= 0.6 is 11.3 Å². The lowest BCUT2D eigenvalue weighted by molar-refractivity contribution is 0.0442. The van der Waals surface area contributed by atoms with Gasteiger partial charge in [0.25, 0.3) is 15.9 Å². The minimum atomic E-state index is -3.71. The van der Waals surface area contributed by atoms with E-state index in [2.05, 4.69) is 5.32 Å². The Labute approximate surface area is 171 Å². The Morgan fingerprint density at radius 1 is 1.14 bits per heavy atom. The summed E-state index contributed by atoms with van der Waals surface area (Å²) in [5, 5.41) is 5.93. The van der Waals surface area contributed by atoms with E-state index in [1.165, 1.54) is 43.6 Å². The van der Waals surface area contributed by atoms with Gasteiger partial charge in [0, 0.05) is 19.5 Å². The molecule has 1 amide bonds. The number of sulfonamides is 1. The van der Waals surface area contributed by atoms with Gasteiger partial charge in [-0.1, -0.05) is 12.1 Å². The van der Waals surface area contributed by atoms with E-state index in [0.29, 0.717) is 11.3 Å². The lowest BCUT2D eigenvalue weighted by Gasteiger charge is -2.10. The molecule has 0 spiro atoms. The van der Waals surface area contributed by atoms with Gasteiger partial charge in [-0.15, -0.1) is 0 Å². The summed E-state index contributed by atoms with van der Waals surface area (Å²) in [6.07, 6.45) is 0. The fourth-order valence-electron chi connectivity index (χ4n) is 2.33. The molecule has 10 heteroatoms. The molecule has 1 N–H and O–H groups in total. The Hall–Kier alpha value is -2.95. The molecule has 0 atom stereocenters. The molecule has 3 rings (SSSR count). The molecule has 3 aromatic rings. The van der Waals surface area contributed by atoms with Crippen molar-refractivity contribution >= 4 is 38.9 Å². The van der Waals surface area contributed by atoms with Crippen molar-refractivity contribution in [3.63, 3.8) is 0 Å². The summed E-state index contributed by atoms with van der Waals surface area (Å²) in [7, 11) is -0.933. The number of furan rings is 1. The fraction of sp³-hybridized carbons (Fsp3) is 0.158. The van der Waals surface area contributed by atoms with Crippen molar-refractivity contribution in [1.82, 2.24) is 4.31 Å². The number of carbonyl (C=O) groups excluding carboxylic acids is 2. The third-order valence-corrected chi connectivity index (χ3v) is 6.27. The molecule has 0 aliphatic carbocycles. The van der Waals surface area contributed by atoms with Crippen LogP contribution in [0, 0.1) is 0 Å². The molecule has 2 aromatic heterocycles. The second-order valence-corrected chi connectivity index (χ2v) is 8.96. The summed E-state index contributed by atoms with van der Waals surface area (Å²) in [6.45, 7) is -0.255. The average Bonchev–Trinajstić information content (AvgIpc) is 3.38. The summed E-state index contributed by atoms with van der Waals surface area (Å²) in [6, 6.07) is 10.8. The first-order valence-electron chi connectivity index (χ1n) is 8.40. The predicted molar refractivity (Wildman–Crippen MR) is 107 cm³/mol. The zero-order valence-electron chi connectivity index (χ0n) is 15.6. The first-order valence-corrected chi connectivity index (χ1v) is 10.8. The van der Waals surface area contributed by atoms with Gasteiger partial charge < -0.3 is 14.5 Å². The molecular weight excluding hydrogens is 416 g/mol. The fourth-order valence-corrected chi connectivity index (χ4v) is 3.78. The molecule has 0 radical (unpaired) electrons. The Morgan fingerprint density at radius 3 is 2.59 bits per heavy atom. The van der Waals surface area contributed by atoms with Crippen molar-refractivity contribution in [2.45, 2.75) is 11.7 Å². The number of hydrogen-bond donors (Lipinski definition) is 1. The molecule has 0 unspecified atom stereocenters. The number of thiophene rings is 1. The zero-order chi connectivity index (χ0) is 21.0. The van der Waals surface area contributed by atoms with Crippen LogP contribution in [0.3, 0.4) is 0 Å². The summed E-state index contributed by atoms with van der Waals surface area (Å²) in [4.78, 5) is 24.7. The standard InChI is InChI=1S/C19H18N2O6S2/c1-21(2)29(24,25)17-8-7-14(27-17)11-26-19(23)15-5-3-4-6-16(15)20-18(22)13-9-10-28-12-13/h3-10,12H,11H2,1-2H3,(H,20,22). The lowest BCUT2D eigenvalue weighted by Crippen LogP contribution is -2.21. The lowest BCUT2D eigenvalue weighted by atomic mass is 10.1. The molecule has 0 saturated carbocycles. The summed E-state index contributed by atoms with van der Waals surface area (Å²) in [5.74, 6) is -0.839. The van der Waals surface area contributed by atoms with Crippen LogP contribution in [0.15, 0.2) is 62.7 Å². The maximum absolute atomic E-state index is 12.5. The Bertz CT molecular complexity index is 1120. The van der Waals surface area contributed by atoms with Crippen LogP contribution in [0.25, 0.3) is 0 Å². The Morgan fingerprint density at radius 2 is 1.90 bits per heavy atom. The monoisotopic (exact) mass is 434 g/mol. The van der Waals surface area contributed by atoms with Crippen molar-refractivity contribution in [2.75, 3.05) is 19.4 Å². The van der Waals surface area contributed by atoms with E-state index >= 15 is 0 Å². The molecule has 0 fully saturated rings. The highest BCUT2D eigenvalue weighted by Crippen LogP contribution is 2.21. The predicted octanol–water partition coefficient (Wildman–Crippen LogP) is 3.20. The smallest absolute Gasteiger partial charge is 0.340 e. The molecular formula is C19H18N2O6S2. The quantitative estimate of drug-likeness (QED) is 0.573. The second kappa shape index (κ2) is 8.60. The number of nitrogens with one attached hydrogen (secondary N) is 1. The van der Waals surface area contributed by atoms with Gasteiger partial charge in [-0.05, 0) is 35.7 Å². The minimum absolute atomic E-state index is 0.170. The molecule has 29 heavy (non-hydrogen) atoms. The molecule has 0 aliphatic rings. The first-order chi connectivity index (χ1) is 13.8. The van der Waals surface area contributed by atoms with Crippen LogP contribution < -0.4 is 5.32 Å². The molecule has 0 bridgehead atoms. The second-order valence-electron chi connectivity index (χ2n) is 6.10. The molecule has 8 nitrogen and oxygen atoms in total. The first kappa shape index (κ1) is 20.8. The third kappa shape index (κ3) is 4.73. The average molecular weight is 434 g/mol. The van der Waals surface area contributed by atoms with Crippen LogP contribution in [-0.2, 0) is 21.4 Å². The number of benzene rings is 1. The maximum Gasteiger partial charge on any atom is 0.340 e. The van der Waals surface area contributed by atoms with E-state index in [0.717, 1.165) is 4.31 Å². The Balaban J connectivity index is 1.69. The van der Waals surface area contributed by atoms with Gasteiger partial charge in [0.1, 0.15) is 12.4 Å². The SMILES string of the molecule is CN(C)S(=O)(=O)c1ccc(COC(=O)c2ccccc2NC(=O)c2ccsc2)o1. The van der Waals surface area contributed by atoms with Gasteiger partial charge in [-0.3, -0.25) is 4.79 Å². The number of carbonyl (C=O) groups is 2. The molecule has 0 aliphatic heterocycles. The summed E-state index contributed by atoms with van der Waals surface area (Å²) >= 11 is 1.39. The normalized spacial score (nSPS) is 11.4. The number of anilines is 1. The van der Waals surface area contributed by atoms with E-state index in [9.17, 15) is 18.0 Å². The van der Waals surface area contributed by atoms with Gasteiger partial charge in [0.2, 0.25) is 5.09 Å². The van der Waals surface area contributed by atoms with Crippen molar-refractivity contribution < 1.29 is 27.2 Å². The third-order valence-electron chi connectivity index (χ3n) is 3.90. The van der Waals surface area contributed by atoms with Crippen molar-refractivity contribution in [3.05, 3.63) is 70.1 Å². The van der Waals surface area contributed by atoms with Crippen LogP contribution in [-0.4, -0.2) is 38.7 Å². The highest BCUT2D eigenvalue weighted by Gasteiger charge is 2.22. The molecule has 152 valence electrons. The topological polar surface area (TPSA) is 106 Å². The number of para-hydroxylation sites is 1. The summed E-state index contributed by atoms with van der Waals surface area (Å²) in [5.41, 5.74) is 0.969. The van der Waals surface area contributed by atoms with Crippen LogP contribution in [0.1, 0.15) is 26.5 Å². The van der Waals surface area contributed by atoms with E-state index < -0.39 is 16.0 Å². The van der Waals surface area contributed by atoms with Gasteiger partial charge in [0.15, 0.2) is 0 Å². The molecule has 1 aromatic carbocycles. The minimum Gasteiger partial charge on any atom is -0.454 e. The molecule has 0 saturated heterocycles. The van der Waals surface area contributed by atoms with E-state index in [1.807, 2.05) is 0 Å².